The van der Waals surface area contributed by atoms with Gasteiger partial charge in [0, 0.05) is 31.9 Å². The molecule has 0 heterocycles. The number of anilines is 2. The van der Waals surface area contributed by atoms with Crippen LogP contribution in [0, 0.1) is 0 Å². The Hall–Kier alpha value is -2.04. The molecule has 5 nitrogen and oxygen atoms in total. The summed E-state index contributed by atoms with van der Waals surface area (Å²) in [6.07, 6.45) is 0. The smallest absolute Gasteiger partial charge is 0.321 e. The van der Waals surface area contributed by atoms with Gasteiger partial charge in [0.15, 0.2) is 0 Å². The summed E-state index contributed by atoms with van der Waals surface area (Å²) < 4.78 is 0. The number of nitrogens with zero attached hydrogens (tertiary/aromatic N) is 1. The van der Waals surface area contributed by atoms with Gasteiger partial charge in [-0.05, 0) is 25.1 Å². The summed E-state index contributed by atoms with van der Waals surface area (Å²) in [5.74, 6) is -0.140. The quantitative estimate of drug-likeness (QED) is 0.843. The molecule has 0 fully saturated rings. The van der Waals surface area contributed by atoms with Crippen molar-refractivity contribution < 1.29 is 9.59 Å². The molecule has 0 saturated carbocycles. The molecule has 0 atom stereocenters. The van der Waals surface area contributed by atoms with Crippen LogP contribution in [-0.4, -0.2) is 30.4 Å². The SMILES string of the molecule is CCN(C)C(=O)Nc1cccc(NC(C)=O)c1. The maximum absolute atomic E-state index is 11.6. The summed E-state index contributed by atoms with van der Waals surface area (Å²) in [4.78, 5) is 24.1. The third-order valence-corrected chi connectivity index (χ3v) is 2.26. The van der Waals surface area contributed by atoms with Crippen molar-refractivity contribution in [2.24, 2.45) is 0 Å². The molecule has 0 saturated heterocycles. The van der Waals surface area contributed by atoms with Crippen LogP contribution in [0.15, 0.2) is 24.3 Å². The number of carbonyl (C=O) groups excluding carboxylic acids is 2. The number of carbonyl (C=O) groups is 2. The fourth-order valence-electron chi connectivity index (χ4n) is 1.24. The molecule has 17 heavy (non-hydrogen) atoms. The predicted molar refractivity (Wildman–Crippen MR) is 68.1 cm³/mol. The first kappa shape index (κ1) is 13.0. The van der Waals surface area contributed by atoms with Crippen LogP contribution in [0.2, 0.25) is 0 Å². The van der Waals surface area contributed by atoms with Gasteiger partial charge in [-0.1, -0.05) is 6.07 Å². The lowest BCUT2D eigenvalue weighted by atomic mass is 10.2. The second kappa shape index (κ2) is 5.89. The predicted octanol–water partition coefficient (Wildman–Crippen LogP) is 2.13. The maximum atomic E-state index is 11.6. The zero-order chi connectivity index (χ0) is 12.8. The van der Waals surface area contributed by atoms with Gasteiger partial charge in [0.1, 0.15) is 0 Å². The van der Waals surface area contributed by atoms with Gasteiger partial charge in [-0.25, -0.2) is 4.79 Å². The van der Waals surface area contributed by atoms with Crippen LogP contribution in [0.4, 0.5) is 16.2 Å². The molecule has 0 aromatic heterocycles. The highest BCUT2D eigenvalue weighted by Crippen LogP contribution is 2.15. The molecule has 0 radical (unpaired) electrons. The molecule has 0 unspecified atom stereocenters. The van der Waals surface area contributed by atoms with E-state index < -0.39 is 0 Å². The van der Waals surface area contributed by atoms with E-state index in [1.165, 1.54) is 6.92 Å². The third-order valence-electron chi connectivity index (χ3n) is 2.26. The Bertz CT molecular complexity index is 418. The minimum atomic E-state index is -0.174. The minimum Gasteiger partial charge on any atom is -0.328 e. The van der Waals surface area contributed by atoms with E-state index in [4.69, 9.17) is 0 Å². The molecular weight excluding hydrogens is 218 g/mol. The van der Waals surface area contributed by atoms with Crippen molar-refractivity contribution in [3.8, 4) is 0 Å². The summed E-state index contributed by atoms with van der Waals surface area (Å²) in [6.45, 7) is 3.97. The fourth-order valence-corrected chi connectivity index (χ4v) is 1.24. The van der Waals surface area contributed by atoms with Gasteiger partial charge < -0.3 is 15.5 Å². The summed E-state index contributed by atoms with van der Waals surface area (Å²) >= 11 is 0. The van der Waals surface area contributed by atoms with Crippen LogP contribution < -0.4 is 10.6 Å². The average molecular weight is 235 g/mol. The molecule has 0 spiro atoms. The Morgan fingerprint density at radius 1 is 1.24 bits per heavy atom. The average Bonchev–Trinajstić information content (AvgIpc) is 2.27. The number of urea groups is 1. The molecule has 1 aromatic carbocycles. The number of benzene rings is 1. The minimum absolute atomic E-state index is 0.140. The van der Waals surface area contributed by atoms with Gasteiger partial charge in [-0.2, -0.15) is 0 Å². The van der Waals surface area contributed by atoms with E-state index in [-0.39, 0.29) is 11.9 Å². The Labute approximate surface area is 101 Å². The van der Waals surface area contributed by atoms with Crippen LogP contribution in [-0.2, 0) is 4.79 Å². The number of nitrogens with one attached hydrogen (secondary N) is 2. The second-order valence-electron chi connectivity index (χ2n) is 3.71. The number of hydrogen-bond donors (Lipinski definition) is 2. The summed E-state index contributed by atoms with van der Waals surface area (Å²) in [7, 11) is 1.72. The molecule has 92 valence electrons. The first-order valence-corrected chi connectivity index (χ1v) is 5.42. The molecule has 2 N–H and O–H groups in total. The van der Waals surface area contributed by atoms with E-state index in [1.807, 2.05) is 6.92 Å². The molecule has 0 bridgehead atoms. The number of amides is 3. The molecule has 0 aliphatic heterocycles. The third kappa shape index (κ3) is 4.14. The Morgan fingerprint density at radius 3 is 2.35 bits per heavy atom. The van der Waals surface area contributed by atoms with Gasteiger partial charge in [-0.15, -0.1) is 0 Å². The van der Waals surface area contributed by atoms with Gasteiger partial charge in [0.25, 0.3) is 0 Å². The van der Waals surface area contributed by atoms with Crippen LogP contribution >= 0.6 is 0 Å². The molecule has 0 aliphatic rings. The summed E-state index contributed by atoms with van der Waals surface area (Å²) in [5, 5.41) is 5.40. The molecule has 1 aromatic rings. The second-order valence-corrected chi connectivity index (χ2v) is 3.71. The lowest BCUT2D eigenvalue weighted by molar-refractivity contribution is -0.114. The topological polar surface area (TPSA) is 61.4 Å². The Kier molecular flexibility index (Phi) is 4.51. The van der Waals surface area contributed by atoms with Crippen molar-refractivity contribution in [1.82, 2.24) is 4.90 Å². The van der Waals surface area contributed by atoms with Crippen molar-refractivity contribution in [1.29, 1.82) is 0 Å². The molecule has 5 heteroatoms. The largest absolute Gasteiger partial charge is 0.328 e. The van der Waals surface area contributed by atoms with E-state index in [9.17, 15) is 9.59 Å². The lowest BCUT2D eigenvalue weighted by Crippen LogP contribution is -2.30. The van der Waals surface area contributed by atoms with Crippen LogP contribution in [0.5, 0.6) is 0 Å². The highest BCUT2D eigenvalue weighted by molar-refractivity contribution is 5.92. The Morgan fingerprint density at radius 2 is 1.82 bits per heavy atom. The van der Waals surface area contributed by atoms with E-state index >= 15 is 0 Å². The number of hydrogen-bond acceptors (Lipinski definition) is 2. The van der Waals surface area contributed by atoms with Gasteiger partial charge >= 0.3 is 6.03 Å². The molecule has 3 amide bonds. The van der Waals surface area contributed by atoms with Crippen molar-refractivity contribution >= 4 is 23.3 Å². The Balaban J connectivity index is 2.72. The fraction of sp³-hybridized carbons (Fsp3) is 0.333. The molecular formula is C12H17N3O2. The highest BCUT2D eigenvalue weighted by Gasteiger charge is 2.06. The summed E-state index contributed by atoms with van der Waals surface area (Å²) in [6, 6.07) is 6.84. The number of rotatable bonds is 3. The lowest BCUT2D eigenvalue weighted by Gasteiger charge is -2.15. The summed E-state index contributed by atoms with van der Waals surface area (Å²) in [5.41, 5.74) is 1.32. The normalized spacial score (nSPS) is 9.59. The standard InChI is InChI=1S/C12H17N3O2/c1-4-15(3)12(17)14-11-7-5-6-10(8-11)13-9(2)16/h5-8H,4H2,1-3H3,(H,13,16)(H,14,17). The van der Waals surface area contributed by atoms with E-state index in [1.54, 1.807) is 36.2 Å². The van der Waals surface area contributed by atoms with Gasteiger partial charge in [0.05, 0.1) is 0 Å². The van der Waals surface area contributed by atoms with Crippen molar-refractivity contribution in [2.75, 3.05) is 24.2 Å². The van der Waals surface area contributed by atoms with Crippen molar-refractivity contribution in [3.05, 3.63) is 24.3 Å². The van der Waals surface area contributed by atoms with Crippen LogP contribution in [0.3, 0.4) is 0 Å². The molecule has 0 aliphatic carbocycles. The van der Waals surface area contributed by atoms with Gasteiger partial charge in [-0.3, -0.25) is 4.79 Å². The zero-order valence-electron chi connectivity index (χ0n) is 10.3. The highest BCUT2D eigenvalue weighted by atomic mass is 16.2. The zero-order valence-corrected chi connectivity index (χ0v) is 10.3. The first-order chi connectivity index (χ1) is 8.02. The van der Waals surface area contributed by atoms with E-state index in [2.05, 4.69) is 10.6 Å². The van der Waals surface area contributed by atoms with Crippen molar-refractivity contribution in [3.63, 3.8) is 0 Å². The van der Waals surface area contributed by atoms with E-state index in [0.717, 1.165) is 0 Å². The monoisotopic (exact) mass is 235 g/mol. The van der Waals surface area contributed by atoms with Gasteiger partial charge in [0.2, 0.25) is 5.91 Å². The van der Waals surface area contributed by atoms with Crippen LogP contribution in [0.25, 0.3) is 0 Å². The van der Waals surface area contributed by atoms with E-state index in [0.29, 0.717) is 17.9 Å². The molecule has 1 rings (SSSR count). The maximum Gasteiger partial charge on any atom is 0.321 e. The first-order valence-electron chi connectivity index (χ1n) is 5.42. The van der Waals surface area contributed by atoms with Crippen LogP contribution in [0.1, 0.15) is 13.8 Å². The van der Waals surface area contributed by atoms with Crippen molar-refractivity contribution in [2.45, 2.75) is 13.8 Å².